The Morgan fingerprint density at radius 3 is 2.00 bits per heavy atom. The van der Waals surface area contributed by atoms with Crippen LogP contribution in [-0.2, 0) is 4.79 Å². The fraction of sp³-hybridized carbons (Fsp3) is 0.900. The van der Waals surface area contributed by atoms with E-state index in [0.717, 1.165) is 4.90 Å². The van der Waals surface area contributed by atoms with Gasteiger partial charge in [0, 0.05) is 13.6 Å². The van der Waals surface area contributed by atoms with E-state index in [1.165, 1.54) is 14.0 Å². The summed E-state index contributed by atoms with van der Waals surface area (Å²) >= 11 is 0. The molecule has 0 spiro atoms. The van der Waals surface area contributed by atoms with Crippen LogP contribution >= 0.6 is 0 Å². The summed E-state index contributed by atoms with van der Waals surface area (Å²) in [6, 6.07) is -0.743. The zero-order valence-corrected chi connectivity index (χ0v) is 10.5. The largest absolute Gasteiger partial charge is 0.394 e. The third-order valence-electron chi connectivity index (χ3n) is 2.55. The minimum Gasteiger partial charge on any atom is -0.394 e. The van der Waals surface area contributed by atoms with Crippen molar-refractivity contribution >= 4 is 5.91 Å². The Morgan fingerprint density at radius 2 is 1.61 bits per heavy atom. The van der Waals surface area contributed by atoms with Gasteiger partial charge in [0.05, 0.1) is 12.6 Å². The van der Waals surface area contributed by atoms with Crippen LogP contribution in [-0.4, -0.2) is 87.0 Å². The van der Waals surface area contributed by atoms with Gasteiger partial charge in [-0.2, -0.15) is 0 Å². The number of amides is 1. The maximum Gasteiger partial charge on any atom is 0.239 e. The second kappa shape index (κ2) is 7.62. The van der Waals surface area contributed by atoms with Gasteiger partial charge in [-0.1, -0.05) is 0 Å². The van der Waals surface area contributed by atoms with E-state index in [1.54, 1.807) is 0 Å². The number of hydrogen-bond donors (Lipinski definition) is 6. The van der Waals surface area contributed by atoms with Gasteiger partial charge in [0.1, 0.15) is 24.4 Å². The highest BCUT2D eigenvalue weighted by molar-refractivity contribution is 5.80. The minimum absolute atomic E-state index is 0.253. The SMILES string of the molecule is C[C@H](N)C(=O)N(C)C[C@H](O)[C@@H](O)[C@H](O)[C@H](O)CO. The first-order valence-electron chi connectivity index (χ1n) is 5.56. The van der Waals surface area contributed by atoms with E-state index in [4.69, 9.17) is 15.9 Å². The standard InChI is InChI=1S/C10H22N2O6/c1-5(11)10(18)12(2)3-6(14)8(16)9(17)7(15)4-13/h5-9,13-17H,3-4,11H2,1-2H3/t5-,6-,7+,8+,9+/m0/s1. The summed E-state index contributed by atoms with van der Waals surface area (Å²) in [5.41, 5.74) is 5.36. The Hall–Kier alpha value is -0.770. The molecule has 8 nitrogen and oxygen atoms in total. The van der Waals surface area contributed by atoms with Crippen molar-refractivity contribution in [3.63, 3.8) is 0 Å². The molecule has 0 aliphatic heterocycles. The summed E-state index contributed by atoms with van der Waals surface area (Å²) in [6.45, 7) is 0.475. The number of carbonyl (C=O) groups excluding carboxylic acids is 1. The van der Waals surface area contributed by atoms with Crippen LogP contribution < -0.4 is 5.73 Å². The molecule has 0 saturated heterocycles. The van der Waals surface area contributed by atoms with E-state index >= 15 is 0 Å². The molecule has 0 heterocycles. The third-order valence-corrected chi connectivity index (χ3v) is 2.55. The molecular formula is C10H22N2O6. The lowest BCUT2D eigenvalue weighted by molar-refractivity contribution is -0.138. The first kappa shape index (κ1) is 17.2. The molecule has 1 amide bonds. The second-order valence-corrected chi connectivity index (χ2v) is 4.31. The van der Waals surface area contributed by atoms with Crippen LogP contribution in [0.2, 0.25) is 0 Å². The van der Waals surface area contributed by atoms with Gasteiger partial charge >= 0.3 is 0 Å². The molecule has 0 fully saturated rings. The predicted octanol–water partition coefficient (Wildman–Crippen LogP) is -3.77. The summed E-state index contributed by atoms with van der Waals surface area (Å²) in [7, 11) is 1.39. The van der Waals surface area contributed by atoms with Gasteiger partial charge in [-0.3, -0.25) is 4.79 Å². The highest BCUT2D eigenvalue weighted by Crippen LogP contribution is 2.06. The second-order valence-electron chi connectivity index (χ2n) is 4.31. The van der Waals surface area contributed by atoms with Gasteiger partial charge < -0.3 is 36.2 Å². The summed E-state index contributed by atoms with van der Waals surface area (Å²) in [5, 5.41) is 46.2. The normalized spacial score (nSPS) is 19.8. The first-order chi connectivity index (χ1) is 8.22. The van der Waals surface area contributed by atoms with Crippen molar-refractivity contribution in [2.75, 3.05) is 20.2 Å². The molecule has 0 aliphatic rings. The van der Waals surface area contributed by atoms with E-state index in [1.807, 2.05) is 0 Å². The number of nitrogens with zero attached hydrogens (tertiary/aromatic N) is 1. The highest BCUT2D eigenvalue weighted by atomic mass is 16.4. The molecule has 0 unspecified atom stereocenters. The van der Waals surface area contributed by atoms with Crippen molar-refractivity contribution in [1.82, 2.24) is 4.90 Å². The fourth-order valence-corrected chi connectivity index (χ4v) is 1.39. The average molecular weight is 266 g/mol. The number of aliphatic hydroxyl groups excluding tert-OH is 5. The molecule has 0 aliphatic carbocycles. The van der Waals surface area contributed by atoms with Gasteiger partial charge in [0.2, 0.25) is 5.91 Å². The molecule has 18 heavy (non-hydrogen) atoms. The molecule has 8 heteroatoms. The number of carbonyl (C=O) groups is 1. The van der Waals surface area contributed by atoms with Crippen LogP contribution in [0.5, 0.6) is 0 Å². The number of rotatable bonds is 7. The first-order valence-corrected chi connectivity index (χ1v) is 5.56. The highest BCUT2D eigenvalue weighted by Gasteiger charge is 2.31. The van der Waals surface area contributed by atoms with E-state index in [2.05, 4.69) is 0 Å². The summed E-state index contributed by atoms with van der Waals surface area (Å²) in [5.74, 6) is -0.432. The molecule has 0 radical (unpaired) electrons. The number of aliphatic hydroxyl groups is 5. The number of nitrogens with two attached hydrogens (primary N) is 1. The lowest BCUT2D eigenvalue weighted by atomic mass is 10.0. The Labute approximate surface area is 105 Å². The Balaban J connectivity index is 4.39. The minimum atomic E-state index is -1.70. The van der Waals surface area contributed by atoms with Crippen molar-refractivity contribution < 1.29 is 30.3 Å². The van der Waals surface area contributed by atoms with Gasteiger partial charge in [-0.05, 0) is 6.92 Å². The van der Waals surface area contributed by atoms with Gasteiger partial charge in [0.25, 0.3) is 0 Å². The van der Waals surface area contributed by atoms with E-state index in [9.17, 15) is 20.1 Å². The van der Waals surface area contributed by atoms with Crippen LogP contribution in [0, 0.1) is 0 Å². The quantitative estimate of drug-likeness (QED) is 0.277. The summed E-state index contributed by atoms with van der Waals surface area (Å²) in [6.07, 6.45) is -6.42. The monoisotopic (exact) mass is 266 g/mol. The molecule has 0 aromatic rings. The Kier molecular flexibility index (Phi) is 7.29. The topological polar surface area (TPSA) is 147 Å². The number of likely N-dealkylation sites (N-methyl/N-ethyl adjacent to an activating group) is 1. The molecule has 5 atom stereocenters. The van der Waals surface area contributed by atoms with Gasteiger partial charge in [-0.15, -0.1) is 0 Å². The molecule has 0 aromatic carbocycles. The Bertz CT molecular complexity index is 263. The van der Waals surface area contributed by atoms with Gasteiger partial charge in [0.15, 0.2) is 0 Å². The predicted molar refractivity (Wildman–Crippen MR) is 62.4 cm³/mol. The summed E-state index contributed by atoms with van der Waals surface area (Å²) < 4.78 is 0. The molecule has 0 aromatic heterocycles. The van der Waals surface area contributed by atoms with Crippen LogP contribution in [0.1, 0.15) is 6.92 Å². The lowest BCUT2D eigenvalue weighted by Gasteiger charge is -2.29. The van der Waals surface area contributed by atoms with Crippen molar-refractivity contribution in [3.05, 3.63) is 0 Å². The number of hydrogen-bond acceptors (Lipinski definition) is 7. The third kappa shape index (κ3) is 4.84. The van der Waals surface area contributed by atoms with E-state index in [-0.39, 0.29) is 6.54 Å². The average Bonchev–Trinajstić information content (AvgIpc) is 2.34. The van der Waals surface area contributed by atoms with Crippen molar-refractivity contribution in [1.29, 1.82) is 0 Å². The van der Waals surface area contributed by atoms with Gasteiger partial charge in [-0.25, -0.2) is 0 Å². The van der Waals surface area contributed by atoms with E-state index < -0.39 is 43.0 Å². The van der Waals surface area contributed by atoms with Crippen LogP contribution in [0.15, 0.2) is 0 Å². The Morgan fingerprint density at radius 1 is 1.17 bits per heavy atom. The zero-order valence-electron chi connectivity index (χ0n) is 10.5. The van der Waals surface area contributed by atoms with Crippen molar-refractivity contribution in [3.8, 4) is 0 Å². The molecule has 7 N–H and O–H groups in total. The summed E-state index contributed by atoms with van der Waals surface area (Å²) in [4.78, 5) is 12.5. The van der Waals surface area contributed by atoms with Crippen LogP contribution in [0.4, 0.5) is 0 Å². The van der Waals surface area contributed by atoms with Crippen LogP contribution in [0.25, 0.3) is 0 Å². The fourth-order valence-electron chi connectivity index (χ4n) is 1.39. The lowest BCUT2D eigenvalue weighted by Crippen LogP contribution is -2.51. The van der Waals surface area contributed by atoms with Crippen molar-refractivity contribution in [2.24, 2.45) is 5.73 Å². The molecule has 0 bridgehead atoms. The molecule has 108 valence electrons. The smallest absolute Gasteiger partial charge is 0.239 e. The van der Waals surface area contributed by atoms with E-state index in [0.29, 0.717) is 0 Å². The maximum absolute atomic E-state index is 11.4. The van der Waals surface area contributed by atoms with Crippen LogP contribution in [0.3, 0.4) is 0 Å². The zero-order chi connectivity index (χ0) is 14.5. The molecular weight excluding hydrogens is 244 g/mol. The molecule has 0 rings (SSSR count). The maximum atomic E-state index is 11.4. The van der Waals surface area contributed by atoms with Crippen molar-refractivity contribution in [2.45, 2.75) is 37.4 Å². The molecule has 0 saturated carbocycles.